The highest BCUT2D eigenvalue weighted by Gasteiger charge is 2.30. The summed E-state index contributed by atoms with van der Waals surface area (Å²) in [4.78, 5) is 18.2. The maximum Gasteiger partial charge on any atom is 0.488 e. The fraction of sp³-hybridized carbons (Fsp3) is 0.154. The number of halogens is 1. The molecule has 0 fully saturated rings. The van der Waals surface area contributed by atoms with E-state index in [-0.39, 0.29) is 17.8 Å². The number of carbonyl (C=O) groups is 1. The van der Waals surface area contributed by atoms with Crippen LogP contribution in [0.4, 0.5) is 5.69 Å². The van der Waals surface area contributed by atoms with E-state index in [1.165, 1.54) is 6.07 Å². The van der Waals surface area contributed by atoms with Gasteiger partial charge in [-0.1, -0.05) is 35.9 Å². The topological polar surface area (TPSA) is 122 Å². The van der Waals surface area contributed by atoms with Crippen LogP contribution in [0.2, 0.25) is 5.02 Å². The predicted molar refractivity (Wildman–Crippen MR) is 142 cm³/mol. The predicted octanol–water partition coefficient (Wildman–Crippen LogP) is 2.84. The Morgan fingerprint density at radius 2 is 1.89 bits per heavy atom. The number of nitrogens with one attached hydrogen (secondary N) is 1. The number of aryl methyl sites for hydroxylation is 1. The van der Waals surface area contributed by atoms with Crippen LogP contribution in [0, 0.1) is 6.92 Å². The van der Waals surface area contributed by atoms with Gasteiger partial charge in [0.15, 0.2) is 5.82 Å². The van der Waals surface area contributed by atoms with Crippen molar-refractivity contribution in [3.8, 4) is 11.4 Å². The third kappa shape index (κ3) is 4.99. The minimum absolute atomic E-state index is 0.0216. The van der Waals surface area contributed by atoms with Crippen LogP contribution >= 0.6 is 11.6 Å². The second kappa shape index (κ2) is 10.2. The van der Waals surface area contributed by atoms with E-state index in [2.05, 4.69) is 15.5 Å². The first-order chi connectivity index (χ1) is 17.8. The Bertz CT molecular complexity index is 1500. The summed E-state index contributed by atoms with van der Waals surface area (Å²) in [5.41, 5.74) is 3.83. The van der Waals surface area contributed by atoms with Crippen molar-refractivity contribution >= 4 is 41.5 Å². The Morgan fingerprint density at radius 3 is 2.62 bits per heavy atom. The zero-order chi connectivity index (χ0) is 26.1. The van der Waals surface area contributed by atoms with E-state index in [1.54, 1.807) is 37.4 Å². The average molecular weight is 516 g/mol. The van der Waals surface area contributed by atoms with Crippen LogP contribution in [-0.2, 0) is 4.79 Å². The molecule has 3 N–H and O–H groups in total. The Labute approximate surface area is 218 Å². The third-order valence-electron chi connectivity index (χ3n) is 6.10. The summed E-state index contributed by atoms with van der Waals surface area (Å²) in [6, 6.07) is 18.8. The highest BCUT2D eigenvalue weighted by atomic mass is 35.5. The molecule has 1 aliphatic heterocycles. The number of aliphatic imine (C=N–C) groups is 1. The highest BCUT2D eigenvalue weighted by molar-refractivity contribution is 6.58. The lowest BCUT2D eigenvalue weighted by Crippen LogP contribution is -2.30. The van der Waals surface area contributed by atoms with Gasteiger partial charge in [-0.2, -0.15) is 0 Å². The van der Waals surface area contributed by atoms with Crippen molar-refractivity contribution in [1.29, 1.82) is 0 Å². The number of amides is 1. The number of benzene rings is 3. The molecule has 1 aliphatic rings. The molecule has 5 rings (SSSR count). The van der Waals surface area contributed by atoms with Gasteiger partial charge in [0.25, 0.3) is 0 Å². The SMILES string of the molecule is COc1ccc2c(c1)C(c1ccc(Cl)cc1)=N[C@@H](CC(=O)Nc1cccc(B(O)O)c1)c1nnc(C)n1-2. The lowest BCUT2D eigenvalue weighted by Gasteiger charge is -2.14. The van der Waals surface area contributed by atoms with Crippen LogP contribution in [0.15, 0.2) is 71.7 Å². The van der Waals surface area contributed by atoms with Gasteiger partial charge in [-0.05, 0) is 54.9 Å². The molecule has 1 aromatic heterocycles. The van der Waals surface area contributed by atoms with Crippen molar-refractivity contribution in [1.82, 2.24) is 14.8 Å². The molecule has 186 valence electrons. The minimum Gasteiger partial charge on any atom is -0.497 e. The van der Waals surface area contributed by atoms with Gasteiger partial charge >= 0.3 is 7.12 Å². The molecule has 0 spiro atoms. The van der Waals surface area contributed by atoms with Gasteiger partial charge in [-0.3, -0.25) is 14.4 Å². The van der Waals surface area contributed by atoms with Crippen LogP contribution in [0.1, 0.15) is 35.2 Å². The molecule has 3 aromatic carbocycles. The molecular weight excluding hydrogens is 493 g/mol. The summed E-state index contributed by atoms with van der Waals surface area (Å²) >= 11 is 6.15. The molecule has 0 bridgehead atoms. The maximum absolute atomic E-state index is 13.2. The fourth-order valence-electron chi connectivity index (χ4n) is 4.34. The Hall–Kier alpha value is -3.99. The van der Waals surface area contributed by atoms with Gasteiger partial charge in [0, 0.05) is 21.8 Å². The third-order valence-corrected chi connectivity index (χ3v) is 6.35. The van der Waals surface area contributed by atoms with Crippen molar-refractivity contribution in [2.24, 2.45) is 4.99 Å². The van der Waals surface area contributed by atoms with E-state index < -0.39 is 13.2 Å². The van der Waals surface area contributed by atoms with Crippen LogP contribution in [0.5, 0.6) is 5.75 Å². The number of hydrogen-bond donors (Lipinski definition) is 3. The summed E-state index contributed by atoms with van der Waals surface area (Å²) in [6.07, 6.45) is -0.0216. The standard InChI is InChI=1S/C26H23BClN5O4/c1-15-31-32-26-22(14-24(34)29-19-5-3-4-17(12-19)27(35)36)30-25(16-6-8-18(28)9-7-16)21-13-20(37-2)10-11-23(21)33(15)26/h3-13,22,35-36H,14H2,1-2H3,(H,29,34)/t22-/m0/s1. The van der Waals surface area contributed by atoms with Gasteiger partial charge in [-0.25, -0.2) is 0 Å². The van der Waals surface area contributed by atoms with E-state index in [1.807, 2.05) is 41.8 Å². The van der Waals surface area contributed by atoms with E-state index in [9.17, 15) is 14.8 Å². The molecule has 2 heterocycles. The van der Waals surface area contributed by atoms with E-state index in [4.69, 9.17) is 21.3 Å². The lowest BCUT2D eigenvalue weighted by atomic mass is 9.80. The van der Waals surface area contributed by atoms with Crippen molar-refractivity contribution in [2.75, 3.05) is 12.4 Å². The average Bonchev–Trinajstić information content (AvgIpc) is 3.21. The molecule has 0 aliphatic carbocycles. The number of anilines is 1. The van der Waals surface area contributed by atoms with Crippen LogP contribution in [0.3, 0.4) is 0 Å². The molecule has 0 saturated carbocycles. The number of nitrogens with zero attached hydrogens (tertiary/aromatic N) is 4. The summed E-state index contributed by atoms with van der Waals surface area (Å²) < 4.78 is 7.40. The van der Waals surface area contributed by atoms with E-state index in [0.29, 0.717) is 33.8 Å². The Kier molecular flexibility index (Phi) is 6.79. The molecule has 0 radical (unpaired) electrons. The number of fused-ring (bicyclic) bond motifs is 3. The summed E-state index contributed by atoms with van der Waals surface area (Å²) in [5, 5.41) is 31.0. The quantitative estimate of drug-likeness (QED) is 0.340. The molecule has 11 heteroatoms. The molecule has 0 unspecified atom stereocenters. The molecule has 37 heavy (non-hydrogen) atoms. The molecule has 0 saturated heterocycles. The largest absolute Gasteiger partial charge is 0.497 e. The van der Waals surface area contributed by atoms with Crippen LogP contribution in [0.25, 0.3) is 5.69 Å². The van der Waals surface area contributed by atoms with Gasteiger partial charge in [0.1, 0.15) is 17.6 Å². The summed E-state index contributed by atoms with van der Waals surface area (Å²) in [7, 11) is -0.0347. The van der Waals surface area contributed by atoms with Crippen molar-refractivity contribution in [3.63, 3.8) is 0 Å². The van der Waals surface area contributed by atoms with Crippen molar-refractivity contribution in [3.05, 3.63) is 94.5 Å². The number of rotatable bonds is 6. The van der Waals surface area contributed by atoms with Crippen molar-refractivity contribution < 1.29 is 19.6 Å². The number of aromatic nitrogens is 3. The molecule has 1 atom stereocenters. The first-order valence-corrected chi connectivity index (χ1v) is 11.9. The van der Waals surface area contributed by atoms with Crippen LogP contribution in [-0.4, -0.2) is 50.7 Å². The fourth-order valence-corrected chi connectivity index (χ4v) is 4.47. The monoisotopic (exact) mass is 515 g/mol. The van der Waals surface area contributed by atoms with E-state index >= 15 is 0 Å². The molecular formula is C26H23BClN5O4. The zero-order valence-electron chi connectivity index (χ0n) is 20.1. The van der Waals surface area contributed by atoms with E-state index in [0.717, 1.165) is 16.8 Å². The summed E-state index contributed by atoms with van der Waals surface area (Å²) in [5.74, 6) is 1.53. The maximum atomic E-state index is 13.2. The van der Waals surface area contributed by atoms with Gasteiger partial charge < -0.3 is 20.1 Å². The first-order valence-electron chi connectivity index (χ1n) is 11.5. The van der Waals surface area contributed by atoms with Gasteiger partial charge in [0.2, 0.25) is 5.91 Å². The summed E-state index contributed by atoms with van der Waals surface area (Å²) in [6.45, 7) is 1.85. The van der Waals surface area contributed by atoms with Crippen LogP contribution < -0.4 is 15.5 Å². The Balaban J connectivity index is 1.58. The lowest BCUT2D eigenvalue weighted by molar-refractivity contribution is -0.116. The van der Waals surface area contributed by atoms with Gasteiger partial charge in [0.05, 0.1) is 24.9 Å². The number of hydrogen-bond acceptors (Lipinski definition) is 7. The Morgan fingerprint density at radius 1 is 1.11 bits per heavy atom. The zero-order valence-corrected chi connectivity index (χ0v) is 20.8. The molecule has 4 aromatic rings. The highest BCUT2D eigenvalue weighted by Crippen LogP contribution is 2.34. The van der Waals surface area contributed by atoms with Gasteiger partial charge in [-0.15, -0.1) is 10.2 Å². The second-order valence-corrected chi connectivity index (χ2v) is 9.01. The number of carbonyl (C=O) groups excluding carboxylic acids is 1. The minimum atomic E-state index is -1.64. The smallest absolute Gasteiger partial charge is 0.488 e. The second-order valence-electron chi connectivity index (χ2n) is 8.58. The first kappa shape index (κ1) is 24.7. The normalized spacial score (nSPS) is 14.2. The number of methoxy groups -OCH3 is 1. The number of ether oxygens (including phenoxy) is 1. The molecule has 1 amide bonds. The van der Waals surface area contributed by atoms with Crippen molar-refractivity contribution in [2.45, 2.75) is 19.4 Å². The molecule has 9 nitrogen and oxygen atoms in total.